The maximum atomic E-state index is 11.8. The molecule has 4 N–H and O–H groups in total. The largest absolute Gasteiger partial charge is 0.409 e. The molecule has 0 fully saturated rings. The van der Waals surface area contributed by atoms with Crippen molar-refractivity contribution >= 4 is 16.0 Å². The molecule has 0 aromatic rings. The van der Waals surface area contributed by atoms with E-state index in [2.05, 4.69) is 9.88 Å². The first-order chi connectivity index (χ1) is 7.42. The average molecular weight is 252 g/mol. The molecule has 0 aromatic carbocycles. The van der Waals surface area contributed by atoms with Gasteiger partial charge in [-0.2, -0.15) is 17.4 Å². The Morgan fingerprint density at radius 1 is 1.44 bits per heavy atom. The van der Waals surface area contributed by atoms with Crippen molar-refractivity contribution in [3.8, 4) is 0 Å². The van der Waals surface area contributed by atoms with Crippen molar-refractivity contribution in [2.75, 3.05) is 13.1 Å². The van der Waals surface area contributed by atoms with E-state index in [9.17, 15) is 8.42 Å². The molecule has 1 atom stereocenters. The predicted molar refractivity (Wildman–Crippen MR) is 62.5 cm³/mol. The number of hydrogen-bond donors (Lipinski definition) is 3. The third-order valence-electron chi connectivity index (χ3n) is 2.22. The zero-order valence-electron chi connectivity index (χ0n) is 9.84. The highest BCUT2D eigenvalue weighted by molar-refractivity contribution is 7.87. The third kappa shape index (κ3) is 3.95. The van der Waals surface area contributed by atoms with Crippen molar-refractivity contribution in [1.82, 2.24) is 9.03 Å². The molecule has 0 saturated carbocycles. The summed E-state index contributed by atoms with van der Waals surface area (Å²) in [5.74, 6) is -0.141. The van der Waals surface area contributed by atoms with E-state index in [1.54, 1.807) is 20.8 Å². The normalized spacial score (nSPS) is 15.4. The maximum Gasteiger partial charge on any atom is 0.280 e. The van der Waals surface area contributed by atoms with Gasteiger partial charge in [-0.15, -0.1) is 0 Å². The van der Waals surface area contributed by atoms with E-state index in [-0.39, 0.29) is 5.84 Å². The lowest BCUT2D eigenvalue weighted by molar-refractivity contribution is 0.315. The lowest BCUT2D eigenvalue weighted by Gasteiger charge is -2.22. The molecule has 96 valence electrons. The Bertz CT molecular complexity index is 324. The van der Waals surface area contributed by atoms with E-state index < -0.39 is 16.3 Å². The summed E-state index contributed by atoms with van der Waals surface area (Å²) >= 11 is 0. The van der Waals surface area contributed by atoms with Gasteiger partial charge >= 0.3 is 0 Å². The quantitative estimate of drug-likeness (QED) is 0.250. The Labute approximate surface area is 96.5 Å². The van der Waals surface area contributed by atoms with Crippen LogP contribution in [-0.4, -0.2) is 42.9 Å². The van der Waals surface area contributed by atoms with Gasteiger partial charge < -0.3 is 10.9 Å². The second kappa shape index (κ2) is 6.66. The van der Waals surface area contributed by atoms with Crippen LogP contribution in [0.2, 0.25) is 0 Å². The summed E-state index contributed by atoms with van der Waals surface area (Å²) in [6, 6.07) is -0.685. The number of amidine groups is 1. The van der Waals surface area contributed by atoms with Gasteiger partial charge in [0.2, 0.25) is 0 Å². The van der Waals surface area contributed by atoms with Gasteiger partial charge in [-0.25, -0.2) is 0 Å². The molecule has 1 unspecified atom stereocenters. The van der Waals surface area contributed by atoms with Gasteiger partial charge in [-0.3, -0.25) is 0 Å². The highest BCUT2D eigenvalue weighted by Crippen LogP contribution is 2.01. The van der Waals surface area contributed by atoms with Crippen LogP contribution in [0.4, 0.5) is 0 Å². The first kappa shape index (κ1) is 15.1. The molecule has 0 saturated heterocycles. The molecular formula is C8H20N4O3S. The molecule has 0 spiro atoms. The SMILES string of the molecule is CCC(NS(=O)(=O)N(CC)CC)/C(N)=N/O. The number of hydrogen-bond acceptors (Lipinski definition) is 4. The fourth-order valence-corrected chi connectivity index (χ4v) is 2.72. The molecule has 8 heteroatoms. The standard InChI is InChI=1S/C8H20N4O3S/c1-4-7(8(9)10-13)11-16(14,15)12(5-2)6-3/h7,11,13H,4-6H2,1-3H3,(H2,9,10). The van der Waals surface area contributed by atoms with Gasteiger partial charge in [-0.1, -0.05) is 25.9 Å². The van der Waals surface area contributed by atoms with Gasteiger partial charge in [-0.05, 0) is 6.42 Å². The van der Waals surface area contributed by atoms with Crippen molar-refractivity contribution in [3.05, 3.63) is 0 Å². The zero-order chi connectivity index (χ0) is 12.8. The van der Waals surface area contributed by atoms with Gasteiger partial charge in [0, 0.05) is 13.1 Å². The summed E-state index contributed by atoms with van der Waals surface area (Å²) in [7, 11) is -3.58. The van der Waals surface area contributed by atoms with Crippen molar-refractivity contribution in [2.24, 2.45) is 10.9 Å². The minimum absolute atomic E-state index is 0.141. The van der Waals surface area contributed by atoms with Gasteiger partial charge in [0.1, 0.15) is 0 Å². The van der Waals surface area contributed by atoms with E-state index in [4.69, 9.17) is 10.9 Å². The molecule has 16 heavy (non-hydrogen) atoms. The van der Waals surface area contributed by atoms with Crippen LogP contribution in [-0.2, 0) is 10.2 Å². The lowest BCUT2D eigenvalue weighted by atomic mass is 10.2. The summed E-state index contributed by atoms with van der Waals surface area (Å²) in [5, 5.41) is 11.3. The number of oxime groups is 1. The molecule has 0 radical (unpaired) electrons. The van der Waals surface area contributed by atoms with Gasteiger partial charge in [0.15, 0.2) is 5.84 Å². The summed E-state index contributed by atoms with van der Waals surface area (Å²) in [4.78, 5) is 0. The molecule has 0 amide bonds. The molecule has 0 aromatic heterocycles. The molecular weight excluding hydrogens is 232 g/mol. The molecule has 0 heterocycles. The van der Waals surface area contributed by atoms with Gasteiger partial charge in [0.05, 0.1) is 6.04 Å². The molecule has 0 aliphatic heterocycles. The molecule has 0 aliphatic rings. The second-order valence-electron chi connectivity index (χ2n) is 3.19. The van der Waals surface area contributed by atoms with Crippen LogP contribution >= 0.6 is 0 Å². The third-order valence-corrected chi connectivity index (χ3v) is 4.00. The van der Waals surface area contributed by atoms with Crippen molar-refractivity contribution in [1.29, 1.82) is 0 Å². The highest BCUT2D eigenvalue weighted by Gasteiger charge is 2.24. The second-order valence-corrected chi connectivity index (χ2v) is 4.90. The van der Waals surface area contributed by atoms with Crippen LogP contribution in [0.15, 0.2) is 5.16 Å². The van der Waals surface area contributed by atoms with Crippen molar-refractivity contribution < 1.29 is 13.6 Å². The maximum absolute atomic E-state index is 11.8. The predicted octanol–water partition coefficient (Wildman–Crippen LogP) is -0.312. The average Bonchev–Trinajstić information content (AvgIpc) is 2.26. The van der Waals surface area contributed by atoms with Crippen LogP contribution in [0.1, 0.15) is 27.2 Å². The van der Waals surface area contributed by atoms with Crippen LogP contribution in [0.25, 0.3) is 0 Å². The Morgan fingerprint density at radius 2 is 1.94 bits per heavy atom. The lowest BCUT2D eigenvalue weighted by Crippen LogP contribution is -2.50. The highest BCUT2D eigenvalue weighted by atomic mass is 32.2. The summed E-state index contributed by atoms with van der Waals surface area (Å²) < 4.78 is 27.3. The fourth-order valence-electron chi connectivity index (χ4n) is 1.24. The van der Waals surface area contributed by atoms with E-state index in [0.29, 0.717) is 19.5 Å². The first-order valence-corrected chi connectivity index (χ1v) is 6.61. The minimum atomic E-state index is -3.58. The van der Waals surface area contributed by atoms with Crippen LogP contribution in [0, 0.1) is 0 Å². The topological polar surface area (TPSA) is 108 Å². The van der Waals surface area contributed by atoms with E-state index >= 15 is 0 Å². The number of nitrogens with one attached hydrogen (secondary N) is 1. The molecule has 7 nitrogen and oxygen atoms in total. The molecule has 0 rings (SSSR count). The number of nitrogens with two attached hydrogens (primary N) is 1. The van der Waals surface area contributed by atoms with Crippen LogP contribution in [0.3, 0.4) is 0 Å². The number of nitrogens with zero attached hydrogens (tertiary/aromatic N) is 2. The van der Waals surface area contributed by atoms with E-state index in [1.165, 1.54) is 4.31 Å². The Hall–Kier alpha value is -0.860. The van der Waals surface area contributed by atoms with Crippen LogP contribution < -0.4 is 10.5 Å². The van der Waals surface area contributed by atoms with E-state index in [1.807, 2.05) is 0 Å². The Kier molecular flexibility index (Phi) is 6.31. The summed E-state index contributed by atoms with van der Waals surface area (Å²) in [5.41, 5.74) is 5.37. The van der Waals surface area contributed by atoms with E-state index in [0.717, 1.165) is 0 Å². The molecule has 0 bridgehead atoms. The summed E-state index contributed by atoms with van der Waals surface area (Å²) in [6.07, 6.45) is 0.413. The summed E-state index contributed by atoms with van der Waals surface area (Å²) in [6.45, 7) is 5.98. The Balaban J connectivity index is 4.80. The zero-order valence-corrected chi connectivity index (χ0v) is 10.7. The first-order valence-electron chi connectivity index (χ1n) is 5.17. The smallest absolute Gasteiger partial charge is 0.280 e. The van der Waals surface area contributed by atoms with Crippen molar-refractivity contribution in [2.45, 2.75) is 33.2 Å². The fraction of sp³-hybridized carbons (Fsp3) is 0.875. The molecule has 0 aliphatic carbocycles. The number of rotatable bonds is 7. The monoisotopic (exact) mass is 252 g/mol. The minimum Gasteiger partial charge on any atom is -0.409 e. The van der Waals surface area contributed by atoms with Crippen LogP contribution in [0.5, 0.6) is 0 Å². The van der Waals surface area contributed by atoms with Gasteiger partial charge in [0.25, 0.3) is 10.2 Å². The Morgan fingerprint density at radius 3 is 2.25 bits per heavy atom. The van der Waals surface area contributed by atoms with Crippen molar-refractivity contribution in [3.63, 3.8) is 0 Å².